The van der Waals surface area contributed by atoms with E-state index in [2.05, 4.69) is 0 Å². The molecule has 0 aromatic heterocycles. The van der Waals surface area contributed by atoms with Gasteiger partial charge < -0.3 is 9.84 Å². The molecule has 2 rings (SSSR count). The van der Waals surface area contributed by atoms with Crippen LogP contribution in [0.1, 0.15) is 31.2 Å². The minimum atomic E-state index is -0.728. The van der Waals surface area contributed by atoms with Crippen LogP contribution in [0, 0.1) is 0 Å². The van der Waals surface area contributed by atoms with Gasteiger partial charge in [-0.15, -0.1) is 0 Å². The minimum absolute atomic E-state index is 0.236. The van der Waals surface area contributed by atoms with Gasteiger partial charge in [0.15, 0.2) is 0 Å². The highest BCUT2D eigenvalue weighted by Gasteiger charge is 2.23. The van der Waals surface area contributed by atoms with Gasteiger partial charge in [-0.25, -0.2) is 0 Å². The molecule has 1 N–H and O–H groups in total. The molecular formula is C13H16O3. The number of carboxylic acids is 1. The maximum absolute atomic E-state index is 10.4. The number of carbonyl (C=O) groups is 1. The number of carboxylic acid groups (broad SMARTS) is 1. The highest BCUT2D eigenvalue weighted by atomic mass is 16.5. The van der Waals surface area contributed by atoms with Crippen molar-refractivity contribution < 1.29 is 14.6 Å². The van der Waals surface area contributed by atoms with Crippen molar-refractivity contribution in [1.29, 1.82) is 0 Å². The fraction of sp³-hybridized carbons (Fsp3) is 0.462. The van der Waals surface area contributed by atoms with Crippen molar-refractivity contribution in [2.45, 2.75) is 38.2 Å². The normalized spacial score (nSPS) is 14.8. The van der Waals surface area contributed by atoms with Gasteiger partial charge >= 0.3 is 5.97 Å². The van der Waals surface area contributed by atoms with Gasteiger partial charge in [0.05, 0.1) is 6.10 Å². The first-order chi connectivity index (χ1) is 7.74. The van der Waals surface area contributed by atoms with Gasteiger partial charge in [0.25, 0.3) is 0 Å². The second-order valence-corrected chi connectivity index (χ2v) is 4.21. The Morgan fingerprint density at radius 2 is 2.00 bits per heavy atom. The molecule has 1 aliphatic carbocycles. The molecule has 1 fully saturated rings. The van der Waals surface area contributed by atoms with Crippen LogP contribution in [0.2, 0.25) is 0 Å². The van der Waals surface area contributed by atoms with E-state index in [1.165, 1.54) is 18.4 Å². The Morgan fingerprint density at radius 1 is 1.31 bits per heavy atom. The van der Waals surface area contributed by atoms with Gasteiger partial charge in [0, 0.05) is 6.42 Å². The van der Waals surface area contributed by atoms with Crippen LogP contribution in [0.25, 0.3) is 0 Å². The summed E-state index contributed by atoms with van der Waals surface area (Å²) in [7, 11) is 0. The van der Waals surface area contributed by atoms with E-state index in [4.69, 9.17) is 9.84 Å². The van der Waals surface area contributed by atoms with Gasteiger partial charge in [-0.3, -0.25) is 4.79 Å². The molecule has 3 nitrogen and oxygen atoms in total. The monoisotopic (exact) mass is 220 g/mol. The summed E-state index contributed by atoms with van der Waals surface area (Å²) in [6, 6.07) is 7.96. The third-order valence-electron chi connectivity index (χ3n) is 2.61. The lowest BCUT2D eigenvalue weighted by atomic mass is 10.1. The Kier molecular flexibility index (Phi) is 3.44. The van der Waals surface area contributed by atoms with Crippen molar-refractivity contribution in [3.63, 3.8) is 0 Å². The van der Waals surface area contributed by atoms with Crippen molar-refractivity contribution in [2.75, 3.05) is 0 Å². The zero-order chi connectivity index (χ0) is 11.4. The van der Waals surface area contributed by atoms with E-state index in [-0.39, 0.29) is 6.42 Å². The van der Waals surface area contributed by atoms with Crippen LogP contribution in [-0.4, -0.2) is 17.2 Å². The summed E-state index contributed by atoms with van der Waals surface area (Å²) in [5, 5.41) is 8.52. The smallest absolute Gasteiger partial charge is 0.303 e. The summed E-state index contributed by atoms with van der Waals surface area (Å²) in [5.41, 5.74) is 1.17. The Balaban J connectivity index is 1.79. The first-order valence-electron chi connectivity index (χ1n) is 5.71. The lowest BCUT2D eigenvalue weighted by Crippen LogP contribution is -1.97. The van der Waals surface area contributed by atoms with Crippen molar-refractivity contribution >= 4 is 5.97 Å². The molecule has 3 heteroatoms. The average Bonchev–Trinajstić information content (AvgIpc) is 3.04. The number of aliphatic carboxylic acids is 1. The summed E-state index contributed by atoms with van der Waals surface area (Å²) in [6.45, 7) is 0. The molecule has 0 atom stereocenters. The van der Waals surface area contributed by atoms with E-state index >= 15 is 0 Å². The fourth-order valence-corrected chi connectivity index (χ4v) is 1.56. The molecule has 1 aliphatic rings. The first kappa shape index (κ1) is 11.0. The quantitative estimate of drug-likeness (QED) is 0.801. The summed E-state index contributed by atoms with van der Waals surface area (Å²) in [4.78, 5) is 10.4. The standard InChI is InChI=1S/C13H16O3/c14-13(15)3-1-2-10-4-6-11(7-5-10)16-12-8-9-12/h4-7,12H,1-3,8-9H2,(H,14,15). The van der Waals surface area contributed by atoms with Gasteiger partial charge in [0.1, 0.15) is 5.75 Å². The molecule has 0 heterocycles. The van der Waals surface area contributed by atoms with Crippen LogP contribution >= 0.6 is 0 Å². The molecule has 16 heavy (non-hydrogen) atoms. The van der Waals surface area contributed by atoms with Gasteiger partial charge in [-0.05, 0) is 43.4 Å². The van der Waals surface area contributed by atoms with Gasteiger partial charge in [0.2, 0.25) is 0 Å². The van der Waals surface area contributed by atoms with Crippen molar-refractivity contribution in [2.24, 2.45) is 0 Å². The van der Waals surface area contributed by atoms with Crippen LogP contribution < -0.4 is 4.74 Å². The lowest BCUT2D eigenvalue weighted by molar-refractivity contribution is -0.137. The molecule has 0 radical (unpaired) electrons. The molecule has 0 aliphatic heterocycles. The van der Waals surface area contributed by atoms with E-state index in [1.807, 2.05) is 24.3 Å². The molecule has 1 aromatic rings. The highest BCUT2D eigenvalue weighted by Crippen LogP contribution is 2.26. The SMILES string of the molecule is O=C(O)CCCc1ccc(OC2CC2)cc1. The number of rotatable bonds is 6. The van der Waals surface area contributed by atoms with E-state index in [0.29, 0.717) is 12.5 Å². The van der Waals surface area contributed by atoms with Crippen LogP contribution in [-0.2, 0) is 11.2 Å². The average molecular weight is 220 g/mol. The first-order valence-corrected chi connectivity index (χ1v) is 5.71. The Labute approximate surface area is 95.0 Å². The number of hydrogen-bond donors (Lipinski definition) is 1. The van der Waals surface area contributed by atoms with Crippen molar-refractivity contribution in [3.05, 3.63) is 29.8 Å². The summed E-state index contributed by atoms with van der Waals surface area (Å²) in [5.74, 6) is 0.193. The molecular weight excluding hydrogens is 204 g/mol. The zero-order valence-electron chi connectivity index (χ0n) is 9.19. The second kappa shape index (κ2) is 5.01. The highest BCUT2D eigenvalue weighted by molar-refractivity contribution is 5.66. The predicted molar refractivity (Wildman–Crippen MR) is 60.7 cm³/mol. The third-order valence-corrected chi connectivity index (χ3v) is 2.61. The number of aryl methyl sites for hydroxylation is 1. The number of ether oxygens (including phenoxy) is 1. The molecule has 0 spiro atoms. The molecule has 0 amide bonds. The molecule has 86 valence electrons. The number of hydrogen-bond acceptors (Lipinski definition) is 2. The van der Waals surface area contributed by atoms with Gasteiger partial charge in [-0.2, -0.15) is 0 Å². The van der Waals surface area contributed by atoms with Crippen LogP contribution in [0.4, 0.5) is 0 Å². The van der Waals surface area contributed by atoms with Gasteiger partial charge in [-0.1, -0.05) is 12.1 Å². The molecule has 0 bridgehead atoms. The largest absolute Gasteiger partial charge is 0.490 e. The van der Waals surface area contributed by atoms with E-state index < -0.39 is 5.97 Å². The Bertz CT molecular complexity index is 352. The molecule has 1 saturated carbocycles. The Hall–Kier alpha value is -1.51. The predicted octanol–water partition coefficient (Wildman–Crippen LogP) is 2.64. The van der Waals surface area contributed by atoms with E-state index in [9.17, 15) is 4.79 Å². The van der Waals surface area contributed by atoms with Crippen molar-refractivity contribution in [1.82, 2.24) is 0 Å². The summed E-state index contributed by atoms with van der Waals surface area (Å²) < 4.78 is 5.63. The summed E-state index contributed by atoms with van der Waals surface area (Å²) in [6.07, 6.45) is 4.51. The van der Waals surface area contributed by atoms with Crippen LogP contribution in [0.5, 0.6) is 5.75 Å². The molecule has 0 unspecified atom stereocenters. The minimum Gasteiger partial charge on any atom is -0.490 e. The Morgan fingerprint density at radius 3 is 2.56 bits per heavy atom. The van der Waals surface area contributed by atoms with Crippen LogP contribution in [0.15, 0.2) is 24.3 Å². The fourth-order valence-electron chi connectivity index (χ4n) is 1.56. The second-order valence-electron chi connectivity index (χ2n) is 4.21. The van der Waals surface area contributed by atoms with E-state index in [1.54, 1.807) is 0 Å². The maximum atomic E-state index is 10.4. The van der Waals surface area contributed by atoms with E-state index in [0.717, 1.165) is 12.2 Å². The topological polar surface area (TPSA) is 46.5 Å². The molecule has 0 saturated heterocycles. The number of benzene rings is 1. The zero-order valence-corrected chi connectivity index (χ0v) is 9.19. The molecule has 1 aromatic carbocycles. The van der Waals surface area contributed by atoms with Crippen LogP contribution in [0.3, 0.4) is 0 Å². The maximum Gasteiger partial charge on any atom is 0.303 e. The third kappa shape index (κ3) is 3.57. The lowest BCUT2D eigenvalue weighted by Gasteiger charge is -2.05. The van der Waals surface area contributed by atoms with Crippen molar-refractivity contribution in [3.8, 4) is 5.75 Å². The summed E-state index contributed by atoms with van der Waals surface area (Å²) >= 11 is 0.